The van der Waals surface area contributed by atoms with Crippen LogP contribution in [0.4, 0.5) is 0 Å². The SMILES string of the molecule is C#CCCN[C@H](C)N. The van der Waals surface area contributed by atoms with Crippen LogP contribution in [0.5, 0.6) is 0 Å². The van der Waals surface area contributed by atoms with E-state index in [0.29, 0.717) is 0 Å². The van der Waals surface area contributed by atoms with Gasteiger partial charge in [0.05, 0.1) is 6.17 Å². The lowest BCUT2D eigenvalue weighted by molar-refractivity contribution is 0.576. The topological polar surface area (TPSA) is 38.0 Å². The molecule has 0 amide bonds. The zero-order chi connectivity index (χ0) is 6.41. The maximum absolute atomic E-state index is 5.35. The van der Waals surface area contributed by atoms with Crippen LogP contribution >= 0.6 is 0 Å². The first kappa shape index (κ1) is 7.48. The van der Waals surface area contributed by atoms with Crippen LogP contribution in [-0.2, 0) is 0 Å². The van der Waals surface area contributed by atoms with Gasteiger partial charge >= 0.3 is 0 Å². The molecule has 0 unspecified atom stereocenters. The van der Waals surface area contributed by atoms with E-state index in [0.717, 1.165) is 13.0 Å². The summed E-state index contributed by atoms with van der Waals surface area (Å²) in [6.07, 6.45) is 5.79. The molecule has 2 nitrogen and oxygen atoms in total. The van der Waals surface area contributed by atoms with Gasteiger partial charge in [-0.3, -0.25) is 0 Å². The predicted octanol–water partition coefficient (Wildman–Crippen LogP) is -0.0960. The monoisotopic (exact) mass is 112 g/mol. The lowest BCUT2D eigenvalue weighted by Gasteiger charge is -2.03. The van der Waals surface area contributed by atoms with E-state index in [-0.39, 0.29) is 6.17 Å². The molecule has 2 heteroatoms. The molecule has 3 N–H and O–H groups in total. The number of terminal acetylenes is 1. The number of nitrogens with two attached hydrogens (primary N) is 1. The minimum Gasteiger partial charge on any atom is -0.316 e. The van der Waals surface area contributed by atoms with Gasteiger partial charge in [0.15, 0.2) is 0 Å². The highest BCUT2D eigenvalue weighted by Gasteiger charge is 1.86. The summed E-state index contributed by atoms with van der Waals surface area (Å²) in [6, 6.07) is 0. The zero-order valence-corrected chi connectivity index (χ0v) is 5.15. The molecule has 0 aromatic heterocycles. The molecule has 0 saturated carbocycles. The van der Waals surface area contributed by atoms with Crippen molar-refractivity contribution in [3.8, 4) is 12.3 Å². The van der Waals surface area contributed by atoms with E-state index in [1.165, 1.54) is 0 Å². The third kappa shape index (κ3) is 5.48. The first-order chi connectivity index (χ1) is 3.77. The van der Waals surface area contributed by atoms with Crippen LogP contribution in [0.15, 0.2) is 0 Å². The second-order valence-electron chi connectivity index (χ2n) is 1.70. The van der Waals surface area contributed by atoms with Crippen LogP contribution in [0, 0.1) is 12.3 Å². The molecule has 8 heavy (non-hydrogen) atoms. The quantitative estimate of drug-likeness (QED) is 0.304. The first-order valence-electron chi connectivity index (χ1n) is 2.70. The average Bonchev–Trinajstić information content (AvgIpc) is 1.66. The minimum absolute atomic E-state index is 0.0587. The van der Waals surface area contributed by atoms with Crippen molar-refractivity contribution < 1.29 is 0 Å². The van der Waals surface area contributed by atoms with E-state index in [9.17, 15) is 0 Å². The van der Waals surface area contributed by atoms with E-state index in [1.807, 2.05) is 6.92 Å². The fourth-order valence-electron chi connectivity index (χ4n) is 0.372. The Kier molecular flexibility index (Phi) is 4.33. The lowest BCUT2D eigenvalue weighted by atomic mass is 10.4. The summed E-state index contributed by atoms with van der Waals surface area (Å²) in [6.45, 7) is 2.70. The molecule has 0 radical (unpaired) electrons. The molecule has 0 spiro atoms. The smallest absolute Gasteiger partial charge is 0.0517 e. The normalized spacial score (nSPS) is 12.6. The Balaban J connectivity index is 2.85. The lowest BCUT2D eigenvalue weighted by Crippen LogP contribution is -2.34. The van der Waals surface area contributed by atoms with Crippen molar-refractivity contribution in [1.29, 1.82) is 0 Å². The molecular formula is C6H12N2. The Labute approximate surface area is 50.5 Å². The second kappa shape index (κ2) is 4.63. The van der Waals surface area contributed by atoms with Gasteiger partial charge in [-0.15, -0.1) is 12.3 Å². The fourth-order valence-corrected chi connectivity index (χ4v) is 0.372. The van der Waals surface area contributed by atoms with Gasteiger partial charge in [-0.25, -0.2) is 0 Å². The predicted molar refractivity (Wildman–Crippen MR) is 35.1 cm³/mol. The molecule has 0 aromatic carbocycles. The summed E-state index contributed by atoms with van der Waals surface area (Å²) in [5.41, 5.74) is 5.35. The summed E-state index contributed by atoms with van der Waals surface area (Å²) in [7, 11) is 0. The van der Waals surface area contributed by atoms with Gasteiger partial charge in [0.2, 0.25) is 0 Å². The fraction of sp³-hybridized carbons (Fsp3) is 0.667. The third-order valence-corrected chi connectivity index (χ3v) is 0.736. The summed E-state index contributed by atoms with van der Waals surface area (Å²) < 4.78 is 0. The van der Waals surface area contributed by atoms with Crippen molar-refractivity contribution in [2.45, 2.75) is 19.5 Å². The largest absolute Gasteiger partial charge is 0.316 e. The van der Waals surface area contributed by atoms with Gasteiger partial charge in [0.25, 0.3) is 0 Å². The number of hydrogen-bond donors (Lipinski definition) is 2. The Morgan fingerprint density at radius 2 is 2.50 bits per heavy atom. The van der Waals surface area contributed by atoms with Gasteiger partial charge in [0, 0.05) is 13.0 Å². The Morgan fingerprint density at radius 1 is 1.88 bits per heavy atom. The molecule has 46 valence electrons. The van der Waals surface area contributed by atoms with Crippen LogP contribution < -0.4 is 11.1 Å². The second-order valence-corrected chi connectivity index (χ2v) is 1.70. The Bertz CT molecular complexity index is 81.0. The van der Waals surface area contributed by atoms with E-state index in [1.54, 1.807) is 0 Å². The maximum atomic E-state index is 5.35. The van der Waals surface area contributed by atoms with Crippen LogP contribution in [0.25, 0.3) is 0 Å². The Morgan fingerprint density at radius 3 is 2.88 bits per heavy atom. The van der Waals surface area contributed by atoms with Gasteiger partial charge in [0.1, 0.15) is 0 Å². The highest BCUT2D eigenvalue weighted by atomic mass is 15.0. The Hall–Kier alpha value is -0.520. The molecular weight excluding hydrogens is 100 g/mol. The van der Waals surface area contributed by atoms with Gasteiger partial charge < -0.3 is 11.1 Å². The van der Waals surface area contributed by atoms with E-state index < -0.39 is 0 Å². The number of hydrogen-bond acceptors (Lipinski definition) is 2. The van der Waals surface area contributed by atoms with Gasteiger partial charge in [-0.1, -0.05) is 0 Å². The summed E-state index contributed by atoms with van der Waals surface area (Å²) in [5.74, 6) is 2.50. The van der Waals surface area contributed by atoms with Crippen molar-refractivity contribution in [3.63, 3.8) is 0 Å². The van der Waals surface area contributed by atoms with E-state index in [4.69, 9.17) is 12.2 Å². The highest BCUT2D eigenvalue weighted by molar-refractivity contribution is 4.84. The first-order valence-corrected chi connectivity index (χ1v) is 2.70. The molecule has 0 fully saturated rings. The summed E-state index contributed by atoms with van der Waals surface area (Å²) >= 11 is 0. The third-order valence-electron chi connectivity index (χ3n) is 0.736. The van der Waals surface area contributed by atoms with Crippen LogP contribution in [0.2, 0.25) is 0 Å². The zero-order valence-electron chi connectivity index (χ0n) is 5.15. The summed E-state index contributed by atoms with van der Waals surface area (Å²) in [4.78, 5) is 0. The van der Waals surface area contributed by atoms with Crippen LogP contribution in [-0.4, -0.2) is 12.7 Å². The van der Waals surface area contributed by atoms with Crippen molar-refractivity contribution in [1.82, 2.24) is 5.32 Å². The summed E-state index contributed by atoms with van der Waals surface area (Å²) in [5, 5.41) is 2.98. The molecule has 0 aliphatic carbocycles. The molecule has 0 saturated heterocycles. The molecule has 1 atom stereocenters. The van der Waals surface area contributed by atoms with Crippen LogP contribution in [0.3, 0.4) is 0 Å². The molecule has 0 bridgehead atoms. The standard InChI is InChI=1S/C6H12N2/c1-3-4-5-8-6(2)7/h1,6,8H,4-5,7H2,2H3/t6-/m1/s1. The molecule has 0 rings (SSSR count). The molecule has 0 heterocycles. The van der Waals surface area contributed by atoms with Crippen molar-refractivity contribution in [3.05, 3.63) is 0 Å². The van der Waals surface area contributed by atoms with Crippen LogP contribution in [0.1, 0.15) is 13.3 Å². The number of nitrogens with one attached hydrogen (secondary N) is 1. The van der Waals surface area contributed by atoms with E-state index in [2.05, 4.69) is 11.2 Å². The van der Waals surface area contributed by atoms with Crippen molar-refractivity contribution >= 4 is 0 Å². The van der Waals surface area contributed by atoms with Gasteiger partial charge in [-0.2, -0.15) is 0 Å². The highest BCUT2D eigenvalue weighted by Crippen LogP contribution is 1.70. The minimum atomic E-state index is 0.0587. The average molecular weight is 112 g/mol. The molecule has 0 aliphatic heterocycles. The van der Waals surface area contributed by atoms with Crippen molar-refractivity contribution in [2.24, 2.45) is 5.73 Å². The maximum Gasteiger partial charge on any atom is 0.0517 e. The van der Waals surface area contributed by atoms with Crippen molar-refractivity contribution in [2.75, 3.05) is 6.54 Å². The van der Waals surface area contributed by atoms with E-state index >= 15 is 0 Å². The molecule has 0 aromatic rings. The van der Waals surface area contributed by atoms with Gasteiger partial charge in [-0.05, 0) is 6.92 Å². The number of rotatable bonds is 3. The molecule has 0 aliphatic rings.